The molecule has 1 nitrogen and oxygen atoms in total. The van der Waals surface area contributed by atoms with Crippen LogP contribution in [-0.4, -0.2) is 6.04 Å². The average molecular weight is 175 g/mol. The Morgan fingerprint density at radius 2 is 2.15 bits per heavy atom. The van der Waals surface area contributed by atoms with Crippen LogP contribution in [0.2, 0.25) is 0 Å². The lowest BCUT2D eigenvalue weighted by Crippen LogP contribution is -2.08. The van der Waals surface area contributed by atoms with Gasteiger partial charge in [0.15, 0.2) is 0 Å². The van der Waals surface area contributed by atoms with E-state index in [9.17, 15) is 0 Å². The van der Waals surface area contributed by atoms with Gasteiger partial charge in [0.05, 0.1) is 0 Å². The van der Waals surface area contributed by atoms with Crippen molar-refractivity contribution in [3.8, 4) is 0 Å². The molecule has 1 aromatic rings. The second kappa shape index (κ2) is 3.06. The summed E-state index contributed by atoms with van der Waals surface area (Å²) in [5, 5.41) is 3.49. The first-order chi connectivity index (χ1) is 6.16. The quantitative estimate of drug-likeness (QED) is 0.691. The number of hydrogen-bond donors (Lipinski definition) is 1. The van der Waals surface area contributed by atoms with Gasteiger partial charge in [0, 0.05) is 11.7 Å². The summed E-state index contributed by atoms with van der Waals surface area (Å²) in [6.45, 7) is 6.70. The highest BCUT2D eigenvalue weighted by molar-refractivity contribution is 5.58. The van der Waals surface area contributed by atoms with Crippen molar-refractivity contribution < 1.29 is 0 Å². The Hall–Kier alpha value is -0.980. The number of nitrogens with one attached hydrogen (secondary N) is 1. The molecule has 0 amide bonds. The first-order valence-electron chi connectivity index (χ1n) is 5.06. The van der Waals surface area contributed by atoms with Gasteiger partial charge in [0.2, 0.25) is 0 Å². The van der Waals surface area contributed by atoms with Gasteiger partial charge in [-0.1, -0.05) is 26.0 Å². The number of fused-ring (bicyclic) bond motifs is 1. The maximum Gasteiger partial charge on any atom is 0.0378 e. The van der Waals surface area contributed by atoms with E-state index < -0.39 is 0 Å². The summed E-state index contributed by atoms with van der Waals surface area (Å²) in [6, 6.07) is 7.42. The van der Waals surface area contributed by atoms with Crippen molar-refractivity contribution in [2.45, 2.75) is 39.2 Å². The predicted molar refractivity (Wildman–Crippen MR) is 57.3 cm³/mol. The molecule has 0 saturated heterocycles. The van der Waals surface area contributed by atoms with Crippen LogP contribution in [0.5, 0.6) is 0 Å². The van der Waals surface area contributed by atoms with Gasteiger partial charge in [-0.2, -0.15) is 0 Å². The molecule has 0 spiro atoms. The summed E-state index contributed by atoms with van der Waals surface area (Å²) < 4.78 is 0. The van der Waals surface area contributed by atoms with E-state index in [1.54, 1.807) is 0 Å². The smallest absolute Gasteiger partial charge is 0.0378 e. The fourth-order valence-corrected chi connectivity index (χ4v) is 1.91. The standard InChI is InChI=1S/C12H17N/c1-8(2)10-4-5-11-6-9(3)13-12(11)7-10/h4-5,7-9,13H,6H2,1-3H3/t9-/m0/s1. The highest BCUT2D eigenvalue weighted by atomic mass is 14.9. The first kappa shape index (κ1) is 8.61. The van der Waals surface area contributed by atoms with E-state index in [0.29, 0.717) is 12.0 Å². The van der Waals surface area contributed by atoms with Crippen molar-refractivity contribution in [3.63, 3.8) is 0 Å². The van der Waals surface area contributed by atoms with Crippen molar-refractivity contribution in [1.29, 1.82) is 0 Å². The average Bonchev–Trinajstić information content (AvgIpc) is 2.42. The summed E-state index contributed by atoms with van der Waals surface area (Å²) in [6.07, 6.45) is 1.17. The van der Waals surface area contributed by atoms with E-state index in [4.69, 9.17) is 0 Å². The van der Waals surface area contributed by atoms with Crippen LogP contribution in [0.25, 0.3) is 0 Å². The van der Waals surface area contributed by atoms with Gasteiger partial charge in [-0.15, -0.1) is 0 Å². The second-order valence-electron chi connectivity index (χ2n) is 4.32. The molecule has 2 rings (SSSR count). The van der Waals surface area contributed by atoms with Gasteiger partial charge in [-0.25, -0.2) is 0 Å². The van der Waals surface area contributed by atoms with Crippen molar-refractivity contribution >= 4 is 5.69 Å². The van der Waals surface area contributed by atoms with E-state index in [-0.39, 0.29) is 0 Å². The van der Waals surface area contributed by atoms with Crippen LogP contribution < -0.4 is 5.32 Å². The lowest BCUT2D eigenvalue weighted by atomic mass is 10.0. The monoisotopic (exact) mass is 175 g/mol. The van der Waals surface area contributed by atoms with E-state index in [1.165, 1.54) is 23.2 Å². The third-order valence-corrected chi connectivity index (χ3v) is 2.73. The Labute approximate surface area is 80.2 Å². The summed E-state index contributed by atoms with van der Waals surface area (Å²) in [5.41, 5.74) is 4.25. The van der Waals surface area contributed by atoms with Crippen LogP contribution in [-0.2, 0) is 6.42 Å². The Morgan fingerprint density at radius 1 is 1.38 bits per heavy atom. The van der Waals surface area contributed by atoms with Gasteiger partial charge >= 0.3 is 0 Å². The molecule has 0 radical (unpaired) electrons. The maximum absolute atomic E-state index is 3.49. The van der Waals surface area contributed by atoms with Crippen molar-refractivity contribution in [2.24, 2.45) is 0 Å². The molecule has 13 heavy (non-hydrogen) atoms. The molecule has 1 heterocycles. The fraction of sp³-hybridized carbons (Fsp3) is 0.500. The van der Waals surface area contributed by atoms with Crippen LogP contribution in [0.4, 0.5) is 5.69 Å². The summed E-state index contributed by atoms with van der Waals surface area (Å²) in [4.78, 5) is 0. The first-order valence-corrected chi connectivity index (χ1v) is 5.06. The van der Waals surface area contributed by atoms with Gasteiger partial charge in [-0.3, -0.25) is 0 Å². The van der Waals surface area contributed by atoms with Gasteiger partial charge in [0.25, 0.3) is 0 Å². The molecule has 1 aromatic carbocycles. The van der Waals surface area contributed by atoms with Crippen LogP contribution in [0.3, 0.4) is 0 Å². The van der Waals surface area contributed by atoms with Crippen LogP contribution >= 0.6 is 0 Å². The van der Waals surface area contributed by atoms with E-state index in [1.807, 2.05) is 0 Å². The molecule has 0 bridgehead atoms. The fourth-order valence-electron chi connectivity index (χ4n) is 1.91. The van der Waals surface area contributed by atoms with Crippen molar-refractivity contribution in [3.05, 3.63) is 29.3 Å². The molecule has 0 aromatic heterocycles. The zero-order valence-electron chi connectivity index (χ0n) is 8.59. The van der Waals surface area contributed by atoms with Gasteiger partial charge in [-0.05, 0) is 36.5 Å². The number of rotatable bonds is 1. The molecular formula is C12H17N. The number of hydrogen-bond acceptors (Lipinski definition) is 1. The summed E-state index contributed by atoms with van der Waals surface area (Å²) >= 11 is 0. The third-order valence-electron chi connectivity index (χ3n) is 2.73. The van der Waals surface area contributed by atoms with Gasteiger partial charge in [0.1, 0.15) is 0 Å². The van der Waals surface area contributed by atoms with Crippen LogP contribution in [0.1, 0.15) is 37.8 Å². The van der Waals surface area contributed by atoms with Crippen molar-refractivity contribution in [2.75, 3.05) is 5.32 Å². The van der Waals surface area contributed by atoms with Crippen LogP contribution in [0, 0.1) is 0 Å². The maximum atomic E-state index is 3.49. The third kappa shape index (κ3) is 1.55. The Morgan fingerprint density at radius 3 is 2.85 bits per heavy atom. The van der Waals surface area contributed by atoms with Gasteiger partial charge < -0.3 is 5.32 Å². The highest BCUT2D eigenvalue weighted by Gasteiger charge is 2.16. The zero-order chi connectivity index (χ0) is 9.42. The molecule has 0 fully saturated rings. The lowest BCUT2D eigenvalue weighted by molar-refractivity contribution is 0.839. The minimum absolute atomic E-state index is 0.609. The van der Waals surface area contributed by atoms with Crippen LogP contribution in [0.15, 0.2) is 18.2 Å². The molecule has 0 aliphatic carbocycles. The lowest BCUT2D eigenvalue weighted by Gasteiger charge is -2.08. The number of anilines is 1. The topological polar surface area (TPSA) is 12.0 Å². The van der Waals surface area contributed by atoms with E-state index in [0.717, 1.165) is 0 Å². The highest BCUT2D eigenvalue weighted by Crippen LogP contribution is 2.29. The minimum Gasteiger partial charge on any atom is -0.382 e. The summed E-state index contributed by atoms with van der Waals surface area (Å²) in [5.74, 6) is 0.628. The molecule has 1 aliphatic rings. The summed E-state index contributed by atoms with van der Waals surface area (Å²) in [7, 11) is 0. The Balaban J connectivity index is 2.35. The molecular weight excluding hydrogens is 158 g/mol. The molecule has 1 atom stereocenters. The molecule has 0 saturated carbocycles. The molecule has 1 N–H and O–H groups in total. The normalized spacial score (nSPS) is 20.2. The largest absolute Gasteiger partial charge is 0.382 e. The van der Waals surface area contributed by atoms with E-state index >= 15 is 0 Å². The Kier molecular flexibility index (Phi) is 2.03. The van der Waals surface area contributed by atoms with E-state index in [2.05, 4.69) is 44.3 Å². The molecule has 1 aliphatic heterocycles. The molecule has 0 unspecified atom stereocenters. The predicted octanol–water partition coefficient (Wildman–Crippen LogP) is 3.17. The van der Waals surface area contributed by atoms with Crippen molar-refractivity contribution in [1.82, 2.24) is 0 Å². The molecule has 1 heteroatoms. The minimum atomic E-state index is 0.609. The molecule has 70 valence electrons. The second-order valence-corrected chi connectivity index (χ2v) is 4.32. The zero-order valence-corrected chi connectivity index (χ0v) is 8.59. The SMILES string of the molecule is CC(C)c1ccc2c(c1)N[C@@H](C)C2. The Bertz CT molecular complexity index is 315. The number of benzene rings is 1.